The summed E-state index contributed by atoms with van der Waals surface area (Å²) < 4.78 is 0. The summed E-state index contributed by atoms with van der Waals surface area (Å²) in [6.45, 7) is 0. The molecule has 0 saturated carbocycles. The Bertz CT molecular complexity index is 15.5. The molecule has 0 aliphatic rings. The normalized spacial score (nSPS) is 0. The maximum atomic E-state index is 0. The molecule has 0 aliphatic carbocycles. The van der Waals surface area contributed by atoms with Crippen LogP contribution in [-0.2, 0) is 50.2 Å². The molecule has 0 saturated heterocycles. The Morgan fingerprint density at radius 3 is 1.00 bits per heavy atom. The van der Waals surface area contributed by atoms with Gasteiger partial charge in [0.2, 0.25) is 0 Å². The van der Waals surface area contributed by atoms with Crippen LogP contribution in [0.5, 0.6) is 0 Å². The Balaban J connectivity index is 0. The molecule has 0 heterocycles. The van der Waals surface area contributed by atoms with E-state index in [0.717, 1.165) is 0 Å². The summed E-state index contributed by atoms with van der Waals surface area (Å²) in [5.41, 5.74) is 0. The summed E-state index contributed by atoms with van der Waals surface area (Å²) >= 11 is 0. The molecular formula is H6BaCaCuHgOSr. The Hall–Kier alpha value is 5.73. The molecule has 0 rings (SSSR count). The number of rotatable bonds is 0. The van der Waals surface area contributed by atoms with Crippen molar-refractivity contribution in [1.29, 1.82) is 0 Å². The second kappa shape index (κ2) is 30.9. The van der Waals surface area contributed by atoms with Gasteiger partial charge >= 0.3 is 149 Å². The second-order valence-corrected chi connectivity index (χ2v) is 0. The Kier molecular flexibility index (Phi) is 212. The van der Waals surface area contributed by atoms with E-state index in [1.54, 1.807) is 0 Å². The summed E-state index contributed by atoms with van der Waals surface area (Å²) in [5.74, 6) is 0. The molecule has 0 aliphatic heterocycles. The van der Waals surface area contributed by atoms with Gasteiger partial charge in [0.1, 0.15) is 0 Å². The van der Waals surface area contributed by atoms with Crippen LogP contribution >= 0.6 is 0 Å². The van der Waals surface area contributed by atoms with Crippen LogP contribution in [-0.4, -0.2) is 132 Å². The zero-order valence-electron chi connectivity index (χ0n) is 1.42. The van der Waals surface area contributed by atoms with Gasteiger partial charge < -0.3 is 5.48 Å². The molecule has 0 amide bonds. The summed E-state index contributed by atoms with van der Waals surface area (Å²) in [4.78, 5) is 0. The van der Waals surface area contributed by atoms with E-state index in [0.29, 0.717) is 0 Å². The monoisotopic (exact) mass is 553 g/mol. The van der Waals surface area contributed by atoms with E-state index >= 15 is 0 Å². The molecule has 0 fully saturated rings. The first-order chi connectivity index (χ1) is 0. The van der Waals surface area contributed by atoms with E-state index in [-0.39, 0.29) is 182 Å². The van der Waals surface area contributed by atoms with Crippen LogP contribution in [0, 0.1) is 0 Å². The topological polar surface area (TPSA) is 28.5 Å². The Labute approximate surface area is 176 Å². The molecular weight excluding hydrogens is 545 g/mol. The zero-order chi connectivity index (χ0) is 0. The molecule has 0 spiro atoms. The van der Waals surface area contributed by atoms with Crippen LogP contribution in [0.1, 0.15) is 0 Å². The molecule has 0 atom stereocenters. The summed E-state index contributed by atoms with van der Waals surface area (Å²) in [7, 11) is 0. The maximum absolute atomic E-state index is 0. The van der Waals surface area contributed by atoms with E-state index in [4.69, 9.17) is 0 Å². The van der Waals surface area contributed by atoms with Crippen molar-refractivity contribution in [3.63, 3.8) is 0 Å². The van der Waals surface area contributed by atoms with Gasteiger partial charge in [-0.2, -0.15) is 0 Å². The molecule has 0 aromatic rings. The molecule has 1 radical (unpaired) electrons. The molecule has 0 aromatic heterocycles. The van der Waals surface area contributed by atoms with E-state index in [2.05, 4.69) is 0 Å². The van der Waals surface area contributed by atoms with Gasteiger partial charge in [0.25, 0.3) is 0 Å². The van der Waals surface area contributed by atoms with Crippen molar-refractivity contribution in [2.45, 2.75) is 0 Å². The van der Waals surface area contributed by atoms with Gasteiger partial charge in [-0.3, -0.25) is 0 Å². The van der Waals surface area contributed by atoms with E-state index < -0.39 is 0 Å². The van der Waals surface area contributed by atoms with Gasteiger partial charge in [0.05, 0.1) is 0 Å². The van der Waals surface area contributed by atoms with Gasteiger partial charge in [0, 0.05) is 27.7 Å². The zero-order valence-corrected chi connectivity index (χ0v) is 7.86. The molecule has 31 valence electrons. The predicted molar refractivity (Wildman–Crippen MR) is 26.3 cm³/mol. The fraction of sp³-hybridized carbons (Fsp3) is 0. The fourth-order valence-corrected chi connectivity index (χ4v) is 0. The van der Waals surface area contributed by atoms with E-state index in [1.807, 2.05) is 0 Å². The second-order valence-electron chi connectivity index (χ2n) is 0. The minimum absolute atomic E-state index is 0. The van der Waals surface area contributed by atoms with Crippen LogP contribution in [0.2, 0.25) is 0 Å². The van der Waals surface area contributed by atoms with Crippen LogP contribution < -0.4 is 0 Å². The van der Waals surface area contributed by atoms with Crippen LogP contribution in [0.25, 0.3) is 0 Å². The summed E-state index contributed by atoms with van der Waals surface area (Å²) in [6.07, 6.45) is 0. The molecule has 0 aromatic carbocycles. The Morgan fingerprint density at radius 1 is 1.00 bits per heavy atom. The molecule has 6 heteroatoms. The van der Waals surface area contributed by atoms with Crippen molar-refractivity contribution < 1.29 is 50.2 Å². The van der Waals surface area contributed by atoms with Crippen molar-refractivity contribution in [1.82, 2.24) is 0 Å². The first-order valence-electron chi connectivity index (χ1n) is 0. The SMILES string of the molecule is [BaH2].[CaH2].[Cu+2].[Hg].[O-2].[SrH2]. The van der Waals surface area contributed by atoms with Gasteiger partial charge in [-0.15, -0.1) is 0 Å². The van der Waals surface area contributed by atoms with Gasteiger partial charge in [-0.05, 0) is 0 Å². The standard InChI is InChI=1S/Ba.Ca.Cu.Hg.O.Sr.6H/q;;+2;;-2;;;;;;;. The third-order valence-electron chi connectivity index (χ3n) is 0. The third-order valence-corrected chi connectivity index (χ3v) is 0. The first kappa shape index (κ1) is 41.1. The molecule has 0 N–H and O–H groups in total. The van der Waals surface area contributed by atoms with Crippen LogP contribution in [0.15, 0.2) is 0 Å². The van der Waals surface area contributed by atoms with Gasteiger partial charge in [-0.1, -0.05) is 0 Å². The van der Waals surface area contributed by atoms with Crippen molar-refractivity contribution in [2.75, 3.05) is 0 Å². The first-order valence-corrected chi connectivity index (χ1v) is 0. The van der Waals surface area contributed by atoms with Gasteiger partial charge in [0.15, 0.2) is 0 Å². The van der Waals surface area contributed by atoms with Crippen molar-refractivity contribution in [3.05, 3.63) is 0 Å². The minimum atomic E-state index is 0. The van der Waals surface area contributed by atoms with Crippen LogP contribution in [0.4, 0.5) is 0 Å². The van der Waals surface area contributed by atoms with Crippen molar-refractivity contribution in [2.24, 2.45) is 0 Å². The third kappa shape index (κ3) is 22.6. The number of hydrogen-bond donors (Lipinski definition) is 0. The van der Waals surface area contributed by atoms with Crippen LogP contribution in [0.3, 0.4) is 0 Å². The average Bonchev–Trinajstić information content (AvgIpc) is 0. The quantitative estimate of drug-likeness (QED) is 0.290. The molecule has 0 bridgehead atoms. The van der Waals surface area contributed by atoms with Crippen molar-refractivity contribution in [3.8, 4) is 0 Å². The average molecular weight is 551 g/mol. The predicted octanol–water partition coefficient (Wildman–Crippen LogP) is -2.87. The number of hydrogen-bond acceptors (Lipinski definition) is 0. The summed E-state index contributed by atoms with van der Waals surface area (Å²) in [5, 5.41) is 0. The fourth-order valence-electron chi connectivity index (χ4n) is 0. The molecule has 6 heavy (non-hydrogen) atoms. The molecule has 0 unspecified atom stereocenters. The van der Waals surface area contributed by atoms with E-state index in [1.165, 1.54) is 0 Å². The van der Waals surface area contributed by atoms with E-state index in [9.17, 15) is 0 Å². The molecule has 1 nitrogen and oxygen atoms in total. The summed E-state index contributed by atoms with van der Waals surface area (Å²) in [6, 6.07) is 0. The Morgan fingerprint density at radius 2 is 1.00 bits per heavy atom. The van der Waals surface area contributed by atoms with Gasteiger partial charge in [-0.25, -0.2) is 0 Å². The van der Waals surface area contributed by atoms with Crippen molar-refractivity contribution >= 4 is 132 Å².